The average Bonchev–Trinajstić information content (AvgIpc) is 2.95. The van der Waals surface area contributed by atoms with Crippen LogP contribution in [0.4, 0.5) is 0 Å². The number of nitrogens with zero attached hydrogens (tertiary/aromatic N) is 1. The molecule has 7 heteroatoms. The van der Waals surface area contributed by atoms with E-state index >= 15 is 0 Å². The molecule has 1 atom stereocenters. The Morgan fingerprint density at radius 2 is 1.62 bits per heavy atom. The Morgan fingerprint density at radius 1 is 1.00 bits per heavy atom. The summed E-state index contributed by atoms with van der Waals surface area (Å²) in [7, 11) is 1.66. The highest BCUT2D eigenvalue weighted by Crippen LogP contribution is 2.21. The SMILES string of the molecule is Cc1[nH]c(C(=O)OC(C)C(=O)N(C)Cc2ccccc2)c(C)c1C(=O)OC(C)C. The highest BCUT2D eigenvalue weighted by atomic mass is 16.6. The zero-order valence-corrected chi connectivity index (χ0v) is 17.7. The Hall–Kier alpha value is -3.09. The molecule has 1 aromatic carbocycles. The maximum atomic E-state index is 12.6. The van der Waals surface area contributed by atoms with Crippen LogP contribution in [-0.4, -0.2) is 47.0 Å². The van der Waals surface area contributed by atoms with Crippen LogP contribution in [0, 0.1) is 13.8 Å². The lowest BCUT2D eigenvalue weighted by molar-refractivity contribution is -0.139. The van der Waals surface area contributed by atoms with Crippen molar-refractivity contribution in [3.05, 3.63) is 58.4 Å². The van der Waals surface area contributed by atoms with Gasteiger partial charge in [0.15, 0.2) is 6.10 Å². The maximum absolute atomic E-state index is 12.6. The lowest BCUT2D eigenvalue weighted by Crippen LogP contribution is -2.37. The number of rotatable bonds is 7. The first-order valence-electron chi connectivity index (χ1n) is 9.51. The second-order valence-corrected chi connectivity index (χ2v) is 7.31. The van der Waals surface area contributed by atoms with Crippen LogP contribution < -0.4 is 0 Å². The van der Waals surface area contributed by atoms with Gasteiger partial charge in [0.1, 0.15) is 5.69 Å². The van der Waals surface area contributed by atoms with E-state index in [4.69, 9.17) is 9.47 Å². The van der Waals surface area contributed by atoms with Crippen molar-refractivity contribution < 1.29 is 23.9 Å². The number of ether oxygens (including phenoxy) is 2. The highest BCUT2D eigenvalue weighted by molar-refractivity contribution is 5.99. The number of H-pyrrole nitrogens is 1. The van der Waals surface area contributed by atoms with E-state index in [2.05, 4.69) is 4.98 Å². The van der Waals surface area contributed by atoms with Crippen LogP contribution in [-0.2, 0) is 20.8 Å². The van der Waals surface area contributed by atoms with Gasteiger partial charge in [-0.2, -0.15) is 0 Å². The first-order chi connectivity index (χ1) is 13.6. The molecule has 0 saturated heterocycles. The smallest absolute Gasteiger partial charge is 0.355 e. The summed E-state index contributed by atoms with van der Waals surface area (Å²) in [5.41, 5.74) is 2.39. The first-order valence-corrected chi connectivity index (χ1v) is 9.51. The van der Waals surface area contributed by atoms with Crippen molar-refractivity contribution in [2.24, 2.45) is 0 Å². The third-order valence-electron chi connectivity index (χ3n) is 4.46. The molecular formula is C22H28N2O5. The van der Waals surface area contributed by atoms with Gasteiger partial charge in [-0.15, -0.1) is 0 Å². The number of carbonyl (C=O) groups is 3. The summed E-state index contributed by atoms with van der Waals surface area (Å²) < 4.78 is 10.6. The van der Waals surface area contributed by atoms with Gasteiger partial charge in [0.05, 0.1) is 11.7 Å². The Kier molecular flexibility index (Phi) is 7.20. The molecule has 0 fully saturated rings. The van der Waals surface area contributed by atoms with Crippen LogP contribution in [0.25, 0.3) is 0 Å². The third kappa shape index (κ3) is 5.47. The summed E-state index contributed by atoms with van der Waals surface area (Å²) in [6.45, 7) is 8.77. The topological polar surface area (TPSA) is 88.7 Å². The predicted molar refractivity (Wildman–Crippen MR) is 109 cm³/mol. The fourth-order valence-corrected chi connectivity index (χ4v) is 3.05. The molecule has 0 aliphatic carbocycles. The second-order valence-electron chi connectivity index (χ2n) is 7.31. The largest absolute Gasteiger partial charge is 0.459 e. The van der Waals surface area contributed by atoms with Crippen LogP contribution in [0.5, 0.6) is 0 Å². The van der Waals surface area contributed by atoms with Crippen LogP contribution in [0.15, 0.2) is 30.3 Å². The van der Waals surface area contributed by atoms with E-state index in [9.17, 15) is 14.4 Å². The number of aromatic nitrogens is 1. The molecule has 0 saturated carbocycles. The fourth-order valence-electron chi connectivity index (χ4n) is 3.05. The maximum Gasteiger partial charge on any atom is 0.355 e. The van der Waals surface area contributed by atoms with Crippen LogP contribution in [0.3, 0.4) is 0 Å². The standard InChI is InChI=1S/C22H28N2O5/c1-13(2)28-21(26)18-14(3)19(23-15(18)4)22(27)29-16(5)20(25)24(6)12-17-10-8-7-9-11-17/h7-11,13,16,23H,12H2,1-6H3. The average molecular weight is 400 g/mol. The van der Waals surface area contributed by atoms with Gasteiger partial charge in [-0.25, -0.2) is 9.59 Å². The Bertz CT molecular complexity index is 886. The molecule has 7 nitrogen and oxygen atoms in total. The highest BCUT2D eigenvalue weighted by Gasteiger charge is 2.27. The van der Waals surface area contributed by atoms with E-state index in [0.717, 1.165) is 5.56 Å². The molecule has 2 rings (SSSR count). The Balaban J connectivity index is 2.07. The van der Waals surface area contributed by atoms with Gasteiger partial charge in [0, 0.05) is 19.3 Å². The number of esters is 2. The number of nitrogens with one attached hydrogen (secondary N) is 1. The molecule has 1 amide bonds. The summed E-state index contributed by atoms with van der Waals surface area (Å²) in [6.07, 6.45) is -1.24. The number of likely N-dealkylation sites (N-methyl/N-ethyl adjacent to an activating group) is 1. The first kappa shape index (κ1) is 22.2. The van der Waals surface area contributed by atoms with Crippen LogP contribution >= 0.6 is 0 Å². The van der Waals surface area contributed by atoms with Crippen molar-refractivity contribution in [1.29, 1.82) is 0 Å². The fraction of sp³-hybridized carbons (Fsp3) is 0.409. The molecule has 0 bridgehead atoms. The van der Waals surface area contributed by atoms with Crippen molar-refractivity contribution in [2.75, 3.05) is 7.05 Å². The summed E-state index contributed by atoms with van der Waals surface area (Å²) in [5, 5.41) is 0. The molecule has 0 aliphatic rings. The monoisotopic (exact) mass is 400 g/mol. The minimum absolute atomic E-state index is 0.142. The van der Waals surface area contributed by atoms with Crippen molar-refractivity contribution in [2.45, 2.75) is 53.4 Å². The van der Waals surface area contributed by atoms with Crippen LogP contribution in [0.1, 0.15) is 58.4 Å². The van der Waals surface area contributed by atoms with Crippen molar-refractivity contribution in [1.82, 2.24) is 9.88 Å². The second kappa shape index (κ2) is 9.41. The van der Waals surface area contributed by atoms with Gasteiger partial charge >= 0.3 is 11.9 Å². The number of carbonyl (C=O) groups excluding carboxylic acids is 3. The number of hydrogen-bond donors (Lipinski definition) is 1. The molecule has 29 heavy (non-hydrogen) atoms. The van der Waals surface area contributed by atoms with Crippen molar-refractivity contribution in [3.63, 3.8) is 0 Å². The van der Waals surface area contributed by atoms with E-state index in [-0.39, 0.29) is 17.7 Å². The summed E-state index contributed by atoms with van der Waals surface area (Å²) >= 11 is 0. The van der Waals surface area contributed by atoms with E-state index in [1.807, 2.05) is 30.3 Å². The number of amides is 1. The molecule has 2 aromatic rings. The van der Waals surface area contributed by atoms with Gasteiger partial charge in [0.25, 0.3) is 5.91 Å². The molecule has 1 heterocycles. The van der Waals surface area contributed by atoms with E-state index in [1.165, 1.54) is 11.8 Å². The molecule has 1 unspecified atom stereocenters. The molecule has 0 radical (unpaired) electrons. The zero-order chi connectivity index (χ0) is 21.7. The molecule has 1 N–H and O–H groups in total. The molecular weight excluding hydrogens is 372 g/mol. The lowest BCUT2D eigenvalue weighted by atomic mass is 10.1. The van der Waals surface area contributed by atoms with E-state index in [0.29, 0.717) is 23.4 Å². The van der Waals surface area contributed by atoms with Gasteiger partial charge < -0.3 is 19.4 Å². The number of hydrogen-bond acceptors (Lipinski definition) is 5. The predicted octanol–water partition coefficient (Wildman–Crippen LogP) is 3.40. The zero-order valence-electron chi connectivity index (χ0n) is 17.7. The summed E-state index contributed by atoms with van der Waals surface area (Å²) in [5.74, 6) is -1.51. The minimum atomic E-state index is -0.967. The Morgan fingerprint density at radius 3 is 2.21 bits per heavy atom. The van der Waals surface area contributed by atoms with E-state index in [1.54, 1.807) is 34.7 Å². The molecule has 0 aliphatic heterocycles. The quantitative estimate of drug-likeness (QED) is 0.720. The normalized spacial score (nSPS) is 11.8. The van der Waals surface area contributed by atoms with Gasteiger partial charge in [-0.1, -0.05) is 30.3 Å². The van der Waals surface area contributed by atoms with Crippen LogP contribution in [0.2, 0.25) is 0 Å². The Labute approximate surface area is 171 Å². The third-order valence-corrected chi connectivity index (χ3v) is 4.46. The van der Waals surface area contributed by atoms with Gasteiger partial charge in [-0.3, -0.25) is 4.79 Å². The number of aryl methyl sites for hydroxylation is 1. The van der Waals surface area contributed by atoms with Crippen molar-refractivity contribution >= 4 is 17.8 Å². The summed E-state index contributed by atoms with van der Waals surface area (Å²) in [4.78, 5) is 41.8. The van der Waals surface area contributed by atoms with Gasteiger partial charge in [0.2, 0.25) is 0 Å². The molecule has 156 valence electrons. The minimum Gasteiger partial charge on any atom is -0.459 e. The van der Waals surface area contributed by atoms with E-state index < -0.39 is 18.0 Å². The summed E-state index contributed by atoms with van der Waals surface area (Å²) in [6, 6.07) is 9.54. The number of aromatic amines is 1. The van der Waals surface area contributed by atoms with Crippen molar-refractivity contribution in [3.8, 4) is 0 Å². The van der Waals surface area contributed by atoms with Gasteiger partial charge in [-0.05, 0) is 45.7 Å². The molecule has 0 spiro atoms. The lowest BCUT2D eigenvalue weighted by Gasteiger charge is -2.21. The number of benzene rings is 1. The molecule has 1 aromatic heterocycles.